The Morgan fingerprint density at radius 1 is 0.676 bits per heavy atom. The third-order valence-electron chi connectivity index (χ3n) is 5.56. The van der Waals surface area contributed by atoms with Crippen LogP contribution in [0.3, 0.4) is 0 Å². The highest BCUT2D eigenvalue weighted by Gasteiger charge is 2.13. The fraction of sp³-hybridized carbons (Fsp3) is 0.103. The van der Waals surface area contributed by atoms with Gasteiger partial charge in [0.2, 0.25) is 0 Å². The number of carbonyl (C=O) groups is 3. The van der Waals surface area contributed by atoms with E-state index in [1.165, 1.54) is 48.5 Å². The minimum absolute atomic E-state index is 0.0920. The summed E-state index contributed by atoms with van der Waals surface area (Å²) in [5.74, 6) is -1.69. The van der Waals surface area contributed by atoms with Crippen molar-refractivity contribution >= 4 is 23.6 Å². The van der Waals surface area contributed by atoms with Gasteiger partial charge < -0.3 is 19.5 Å². The van der Waals surface area contributed by atoms with Gasteiger partial charge in [-0.3, -0.25) is 0 Å². The van der Waals surface area contributed by atoms with Gasteiger partial charge in [-0.25, -0.2) is 19.0 Å². The van der Waals surface area contributed by atoms with Crippen LogP contribution < -0.4 is 18.9 Å². The summed E-state index contributed by atoms with van der Waals surface area (Å²) in [4.78, 5) is 37.9. The lowest BCUT2D eigenvalue weighted by atomic mass is 10.1. The summed E-state index contributed by atoms with van der Waals surface area (Å²) in [5.41, 5.74) is 2.91. The second-order valence-electron chi connectivity index (χ2n) is 8.45. The number of anilines is 1. The first-order chi connectivity index (χ1) is 17.8. The first-order valence-electron chi connectivity index (χ1n) is 11.4. The molecule has 0 amide bonds. The molecular formula is C29H25N2O6+. The van der Waals surface area contributed by atoms with Gasteiger partial charge in [0.1, 0.15) is 11.5 Å². The lowest BCUT2D eigenvalue weighted by molar-refractivity contribution is -0.688. The Labute approximate surface area is 213 Å². The van der Waals surface area contributed by atoms with Gasteiger partial charge in [-0.2, -0.15) is 0 Å². The molecule has 3 aromatic carbocycles. The summed E-state index contributed by atoms with van der Waals surface area (Å²) in [6.07, 6.45) is 4.01. The zero-order valence-corrected chi connectivity index (χ0v) is 20.3. The van der Waals surface area contributed by atoms with Crippen LogP contribution in [0.2, 0.25) is 0 Å². The number of nitrogens with zero attached hydrogens (tertiary/aromatic N) is 2. The Hall–Kier alpha value is -4.98. The highest BCUT2D eigenvalue weighted by atomic mass is 16.5. The second-order valence-corrected chi connectivity index (χ2v) is 8.45. The summed E-state index contributed by atoms with van der Waals surface area (Å²) in [6, 6.07) is 22.8. The van der Waals surface area contributed by atoms with E-state index in [2.05, 4.69) is 4.57 Å². The predicted octanol–water partition coefficient (Wildman–Crippen LogP) is 4.23. The number of carboxylic acids is 1. The quantitative estimate of drug-likeness (QED) is 0.221. The molecule has 8 nitrogen and oxygen atoms in total. The van der Waals surface area contributed by atoms with Crippen LogP contribution in [0, 0.1) is 0 Å². The van der Waals surface area contributed by atoms with Crippen molar-refractivity contribution in [2.45, 2.75) is 6.54 Å². The molecule has 4 rings (SSSR count). The van der Waals surface area contributed by atoms with E-state index >= 15 is 0 Å². The van der Waals surface area contributed by atoms with Crippen LogP contribution in [-0.2, 0) is 6.54 Å². The number of hydrogen-bond acceptors (Lipinski definition) is 6. The Balaban J connectivity index is 1.32. The van der Waals surface area contributed by atoms with Crippen LogP contribution in [0.5, 0.6) is 11.5 Å². The number of pyridine rings is 1. The van der Waals surface area contributed by atoms with Crippen LogP contribution in [0.1, 0.15) is 36.6 Å². The van der Waals surface area contributed by atoms with E-state index in [-0.39, 0.29) is 22.6 Å². The number of aromatic carboxylic acids is 1. The first-order valence-corrected chi connectivity index (χ1v) is 11.4. The number of rotatable bonds is 8. The summed E-state index contributed by atoms with van der Waals surface area (Å²) >= 11 is 0. The van der Waals surface area contributed by atoms with E-state index in [1.54, 1.807) is 12.1 Å². The monoisotopic (exact) mass is 497 g/mol. The molecule has 0 unspecified atom stereocenters. The standard InChI is InChI=1S/C29H24N2O6/c1-30(2)24-15-17-31(18-16-24)19-20-3-5-22(6-4-20)28(34)37-26-13-9-23(10-14-26)29(35)36-25-11-7-21(8-12-25)27(32)33/h3-18H,19H2,1-2H3/p+1. The van der Waals surface area contributed by atoms with E-state index < -0.39 is 17.9 Å². The van der Waals surface area contributed by atoms with Gasteiger partial charge in [0.25, 0.3) is 0 Å². The van der Waals surface area contributed by atoms with Gasteiger partial charge in [-0.1, -0.05) is 12.1 Å². The summed E-state index contributed by atoms with van der Waals surface area (Å²) in [6.45, 7) is 0.671. The minimum atomic E-state index is -1.07. The maximum absolute atomic E-state index is 12.6. The Bertz CT molecular complexity index is 1400. The molecule has 0 aliphatic carbocycles. The zero-order chi connectivity index (χ0) is 26.4. The molecule has 0 aliphatic heterocycles. The number of ether oxygens (including phenoxy) is 2. The zero-order valence-electron chi connectivity index (χ0n) is 20.3. The lowest BCUT2D eigenvalue weighted by Crippen LogP contribution is -2.33. The molecule has 0 aliphatic rings. The molecule has 0 spiro atoms. The number of esters is 2. The van der Waals surface area contributed by atoms with Crippen molar-refractivity contribution in [2.24, 2.45) is 0 Å². The number of carboxylic acid groups (broad SMARTS) is 1. The van der Waals surface area contributed by atoms with Gasteiger partial charge in [0.15, 0.2) is 18.9 Å². The number of carbonyl (C=O) groups excluding carboxylic acids is 2. The molecule has 0 bridgehead atoms. The lowest BCUT2D eigenvalue weighted by Gasteiger charge is -2.10. The molecule has 0 fully saturated rings. The fourth-order valence-electron chi connectivity index (χ4n) is 3.47. The summed E-state index contributed by atoms with van der Waals surface area (Å²) in [5, 5.41) is 8.94. The van der Waals surface area contributed by atoms with Crippen molar-refractivity contribution in [3.8, 4) is 11.5 Å². The minimum Gasteiger partial charge on any atom is -0.478 e. The Kier molecular flexibility index (Phi) is 7.59. The van der Waals surface area contributed by atoms with Crippen molar-refractivity contribution in [3.05, 3.63) is 120 Å². The van der Waals surface area contributed by atoms with E-state index in [9.17, 15) is 14.4 Å². The Morgan fingerprint density at radius 3 is 1.54 bits per heavy atom. The third-order valence-corrected chi connectivity index (χ3v) is 5.56. The van der Waals surface area contributed by atoms with Crippen LogP contribution in [0.25, 0.3) is 0 Å². The molecule has 0 radical (unpaired) electrons. The SMILES string of the molecule is CN(C)c1cc[n+](Cc2ccc(C(=O)Oc3ccc(C(=O)Oc4ccc(C(=O)O)cc4)cc3)cc2)cc1. The van der Waals surface area contributed by atoms with E-state index in [0.29, 0.717) is 12.1 Å². The highest BCUT2D eigenvalue weighted by molar-refractivity contribution is 5.93. The largest absolute Gasteiger partial charge is 0.478 e. The van der Waals surface area contributed by atoms with Gasteiger partial charge in [-0.05, 0) is 60.7 Å². The topological polar surface area (TPSA) is 97.0 Å². The number of hydrogen-bond donors (Lipinski definition) is 1. The van der Waals surface area contributed by atoms with E-state index in [4.69, 9.17) is 14.6 Å². The number of benzene rings is 3. The molecule has 37 heavy (non-hydrogen) atoms. The van der Waals surface area contributed by atoms with Crippen molar-refractivity contribution in [2.75, 3.05) is 19.0 Å². The maximum Gasteiger partial charge on any atom is 0.343 e. The highest BCUT2D eigenvalue weighted by Crippen LogP contribution is 2.18. The molecule has 0 atom stereocenters. The van der Waals surface area contributed by atoms with Crippen molar-refractivity contribution in [3.63, 3.8) is 0 Å². The molecule has 0 saturated carbocycles. The van der Waals surface area contributed by atoms with Crippen molar-refractivity contribution in [1.82, 2.24) is 0 Å². The molecular weight excluding hydrogens is 472 g/mol. The molecule has 1 aromatic heterocycles. The van der Waals surface area contributed by atoms with Gasteiger partial charge in [0.05, 0.1) is 16.7 Å². The average molecular weight is 498 g/mol. The number of aromatic nitrogens is 1. The second kappa shape index (κ2) is 11.2. The van der Waals surface area contributed by atoms with E-state index in [0.717, 1.165) is 11.3 Å². The maximum atomic E-state index is 12.6. The molecule has 1 N–H and O–H groups in total. The molecule has 0 saturated heterocycles. The first kappa shape index (κ1) is 25.1. The average Bonchev–Trinajstić information content (AvgIpc) is 2.90. The summed E-state index contributed by atoms with van der Waals surface area (Å²) < 4.78 is 12.7. The van der Waals surface area contributed by atoms with E-state index in [1.807, 2.05) is 55.7 Å². The van der Waals surface area contributed by atoms with Crippen LogP contribution >= 0.6 is 0 Å². The summed E-state index contributed by atoms with van der Waals surface area (Å²) in [7, 11) is 3.99. The van der Waals surface area contributed by atoms with Gasteiger partial charge >= 0.3 is 17.9 Å². The van der Waals surface area contributed by atoms with Gasteiger partial charge in [0, 0.05) is 37.5 Å². The van der Waals surface area contributed by atoms with Crippen molar-refractivity contribution < 1.29 is 33.5 Å². The van der Waals surface area contributed by atoms with Gasteiger partial charge in [-0.15, -0.1) is 0 Å². The van der Waals surface area contributed by atoms with Crippen LogP contribution in [0.15, 0.2) is 97.3 Å². The van der Waals surface area contributed by atoms with Crippen molar-refractivity contribution in [1.29, 1.82) is 0 Å². The molecule has 8 heteroatoms. The fourth-order valence-corrected chi connectivity index (χ4v) is 3.47. The predicted molar refractivity (Wildman–Crippen MR) is 136 cm³/mol. The van der Waals surface area contributed by atoms with Crippen LogP contribution in [-0.4, -0.2) is 37.1 Å². The normalized spacial score (nSPS) is 10.4. The van der Waals surface area contributed by atoms with Crippen LogP contribution in [0.4, 0.5) is 5.69 Å². The smallest absolute Gasteiger partial charge is 0.343 e. The molecule has 186 valence electrons. The third kappa shape index (κ3) is 6.58. The molecule has 4 aromatic rings. The Morgan fingerprint density at radius 2 is 1.11 bits per heavy atom. The molecule has 1 heterocycles.